The van der Waals surface area contributed by atoms with Crippen LogP contribution in [0.2, 0.25) is 0 Å². The standard InChI is InChI=1S/C18H22N2O3/c1-13(14-5-3-2-4-6-14)20-18(23)15-7-9-16(10-8-15)19-11-17(22)12-21/h2-10,13,17,19,21-22H,11-12H2,1H3,(H,20,23). The van der Waals surface area contributed by atoms with E-state index in [1.165, 1.54) is 0 Å². The highest BCUT2D eigenvalue weighted by atomic mass is 16.3. The van der Waals surface area contributed by atoms with Crippen LogP contribution in [0, 0.1) is 0 Å². The lowest BCUT2D eigenvalue weighted by Crippen LogP contribution is -2.26. The van der Waals surface area contributed by atoms with Crippen molar-refractivity contribution in [1.29, 1.82) is 0 Å². The first-order chi connectivity index (χ1) is 11.1. The molecule has 2 aromatic rings. The van der Waals surface area contributed by atoms with Gasteiger partial charge in [0, 0.05) is 17.8 Å². The topological polar surface area (TPSA) is 81.6 Å². The lowest BCUT2D eigenvalue weighted by Gasteiger charge is -2.15. The van der Waals surface area contributed by atoms with Gasteiger partial charge in [0.2, 0.25) is 0 Å². The van der Waals surface area contributed by atoms with Crippen LogP contribution in [-0.2, 0) is 0 Å². The number of hydrogen-bond acceptors (Lipinski definition) is 4. The molecule has 5 nitrogen and oxygen atoms in total. The number of amides is 1. The van der Waals surface area contributed by atoms with Gasteiger partial charge in [-0.05, 0) is 36.8 Å². The zero-order valence-electron chi connectivity index (χ0n) is 13.1. The highest BCUT2D eigenvalue weighted by Crippen LogP contribution is 2.14. The van der Waals surface area contributed by atoms with Gasteiger partial charge >= 0.3 is 0 Å². The summed E-state index contributed by atoms with van der Waals surface area (Å²) in [5.74, 6) is -0.136. The fourth-order valence-corrected chi connectivity index (χ4v) is 2.14. The van der Waals surface area contributed by atoms with E-state index in [4.69, 9.17) is 5.11 Å². The van der Waals surface area contributed by atoms with Crippen molar-refractivity contribution in [3.8, 4) is 0 Å². The van der Waals surface area contributed by atoms with Crippen molar-refractivity contribution >= 4 is 11.6 Å². The number of aliphatic hydroxyl groups excluding tert-OH is 2. The molecule has 5 heteroatoms. The van der Waals surface area contributed by atoms with Crippen LogP contribution in [0.5, 0.6) is 0 Å². The van der Waals surface area contributed by atoms with Crippen molar-refractivity contribution in [3.05, 3.63) is 65.7 Å². The van der Waals surface area contributed by atoms with Crippen LogP contribution >= 0.6 is 0 Å². The smallest absolute Gasteiger partial charge is 0.251 e. The lowest BCUT2D eigenvalue weighted by atomic mass is 10.1. The minimum Gasteiger partial charge on any atom is -0.394 e. The second kappa shape index (κ2) is 8.31. The van der Waals surface area contributed by atoms with Gasteiger partial charge in [0.05, 0.1) is 18.8 Å². The maximum absolute atomic E-state index is 12.2. The van der Waals surface area contributed by atoms with Crippen molar-refractivity contribution in [2.45, 2.75) is 19.1 Å². The van der Waals surface area contributed by atoms with E-state index in [2.05, 4.69) is 10.6 Å². The first-order valence-corrected chi connectivity index (χ1v) is 7.59. The number of carbonyl (C=O) groups is 1. The van der Waals surface area contributed by atoms with Crippen LogP contribution in [0.4, 0.5) is 5.69 Å². The molecular weight excluding hydrogens is 292 g/mol. The van der Waals surface area contributed by atoms with Gasteiger partial charge in [0.15, 0.2) is 0 Å². The van der Waals surface area contributed by atoms with E-state index in [0.717, 1.165) is 11.3 Å². The van der Waals surface area contributed by atoms with Crippen molar-refractivity contribution in [2.24, 2.45) is 0 Å². The zero-order valence-corrected chi connectivity index (χ0v) is 13.1. The zero-order chi connectivity index (χ0) is 16.7. The minimum atomic E-state index is -0.801. The number of anilines is 1. The van der Waals surface area contributed by atoms with E-state index in [1.54, 1.807) is 24.3 Å². The molecule has 0 radical (unpaired) electrons. The van der Waals surface area contributed by atoms with Crippen molar-refractivity contribution in [3.63, 3.8) is 0 Å². The maximum Gasteiger partial charge on any atom is 0.251 e. The summed E-state index contributed by atoms with van der Waals surface area (Å²) in [6, 6.07) is 16.7. The normalized spacial score (nSPS) is 13.2. The van der Waals surface area contributed by atoms with Gasteiger partial charge in [-0.25, -0.2) is 0 Å². The number of nitrogens with one attached hydrogen (secondary N) is 2. The molecule has 1 amide bonds. The quantitative estimate of drug-likeness (QED) is 0.629. The molecule has 0 aliphatic heterocycles. The summed E-state index contributed by atoms with van der Waals surface area (Å²) in [5.41, 5.74) is 2.41. The molecule has 0 fully saturated rings. The fourth-order valence-electron chi connectivity index (χ4n) is 2.14. The molecule has 0 bridgehead atoms. The molecule has 0 spiro atoms. The predicted molar refractivity (Wildman–Crippen MR) is 90.3 cm³/mol. The highest BCUT2D eigenvalue weighted by Gasteiger charge is 2.11. The first-order valence-electron chi connectivity index (χ1n) is 7.59. The summed E-state index contributed by atoms with van der Waals surface area (Å²) in [4.78, 5) is 12.2. The van der Waals surface area contributed by atoms with Crippen molar-refractivity contribution in [1.82, 2.24) is 5.32 Å². The van der Waals surface area contributed by atoms with Crippen molar-refractivity contribution < 1.29 is 15.0 Å². The van der Waals surface area contributed by atoms with Crippen LogP contribution in [0.3, 0.4) is 0 Å². The van der Waals surface area contributed by atoms with E-state index < -0.39 is 6.10 Å². The van der Waals surface area contributed by atoms with Gasteiger partial charge in [0.1, 0.15) is 0 Å². The molecule has 4 N–H and O–H groups in total. The molecule has 0 saturated heterocycles. The number of rotatable bonds is 7. The van der Waals surface area contributed by atoms with E-state index in [9.17, 15) is 9.90 Å². The summed E-state index contributed by atoms with van der Waals surface area (Å²) in [6.07, 6.45) is -0.801. The number of aliphatic hydroxyl groups is 2. The van der Waals surface area contributed by atoms with E-state index in [1.807, 2.05) is 37.3 Å². The monoisotopic (exact) mass is 314 g/mol. The van der Waals surface area contributed by atoms with Gasteiger partial charge in [-0.15, -0.1) is 0 Å². The van der Waals surface area contributed by atoms with Crippen LogP contribution in [-0.4, -0.2) is 35.4 Å². The first kappa shape index (κ1) is 17.0. The van der Waals surface area contributed by atoms with Gasteiger partial charge in [0.25, 0.3) is 5.91 Å². The van der Waals surface area contributed by atoms with Gasteiger partial charge < -0.3 is 20.8 Å². The fraction of sp³-hybridized carbons (Fsp3) is 0.278. The summed E-state index contributed by atoms with van der Waals surface area (Å²) in [7, 11) is 0. The molecule has 2 unspecified atom stereocenters. The average molecular weight is 314 g/mol. The molecule has 0 saturated carbocycles. The Morgan fingerprint density at radius 2 is 1.74 bits per heavy atom. The van der Waals surface area contributed by atoms with E-state index in [-0.39, 0.29) is 25.1 Å². The molecule has 0 aliphatic rings. The molecule has 122 valence electrons. The summed E-state index contributed by atoms with van der Waals surface area (Å²) < 4.78 is 0. The van der Waals surface area contributed by atoms with E-state index in [0.29, 0.717) is 5.56 Å². The predicted octanol–water partition coefficient (Wildman–Crippen LogP) is 1.94. The Morgan fingerprint density at radius 3 is 2.35 bits per heavy atom. The Labute approximate surface area is 136 Å². The lowest BCUT2D eigenvalue weighted by molar-refractivity contribution is 0.0940. The van der Waals surface area contributed by atoms with Crippen LogP contribution in [0.25, 0.3) is 0 Å². The highest BCUT2D eigenvalue weighted by molar-refractivity contribution is 5.94. The Hall–Kier alpha value is -2.37. The van der Waals surface area contributed by atoms with E-state index >= 15 is 0 Å². The molecule has 2 atom stereocenters. The molecule has 2 rings (SSSR count). The SMILES string of the molecule is CC(NC(=O)c1ccc(NCC(O)CO)cc1)c1ccccc1. The molecule has 2 aromatic carbocycles. The summed E-state index contributed by atoms with van der Waals surface area (Å²) in [5, 5.41) is 24.0. The second-order valence-corrected chi connectivity index (χ2v) is 5.40. The summed E-state index contributed by atoms with van der Waals surface area (Å²) >= 11 is 0. The third-order valence-corrected chi connectivity index (χ3v) is 3.55. The Morgan fingerprint density at radius 1 is 1.09 bits per heavy atom. The van der Waals surface area contributed by atoms with Crippen molar-refractivity contribution in [2.75, 3.05) is 18.5 Å². The molecular formula is C18H22N2O3. The molecule has 0 aromatic heterocycles. The largest absolute Gasteiger partial charge is 0.394 e. The summed E-state index contributed by atoms with van der Waals surface area (Å²) in [6.45, 7) is 1.91. The molecule has 0 heterocycles. The second-order valence-electron chi connectivity index (χ2n) is 5.40. The van der Waals surface area contributed by atoms with Crippen LogP contribution in [0.15, 0.2) is 54.6 Å². The Bertz CT molecular complexity index is 614. The number of carbonyl (C=O) groups excluding carboxylic acids is 1. The number of benzene rings is 2. The van der Waals surface area contributed by atoms with Gasteiger partial charge in [-0.2, -0.15) is 0 Å². The van der Waals surface area contributed by atoms with Gasteiger partial charge in [-0.3, -0.25) is 4.79 Å². The average Bonchev–Trinajstić information content (AvgIpc) is 2.60. The number of hydrogen-bond donors (Lipinski definition) is 4. The minimum absolute atomic E-state index is 0.0683. The van der Waals surface area contributed by atoms with Gasteiger partial charge in [-0.1, -0.05) is 30.3 Å². The van der Waals surface area contributed by atoms with Crippen LogP contribution < -0.4 is 10.6 Å². The molecule has 0 aliphatic carbocycles. The van der Waals surface area contributed by atoms with Crippen LogP contribution in [0.1, 0.15) is 28.9 Å². The third kappa shape index (κ3) is 5.09. The Balaban J connectivity index is 1.92. The molecule has 23 heavy (non-hydrogen) atoms. The maximum atomic E-state index is 12.2. The third-order valence-electron chi connectivity index (χ3n) is 3.55. The Kier molecular flexibility index (Phi) is 6.14.